The molecule has 5 N–H and O–H groups in total. The van der Waals surface area contributed by atoms with E-state index in [-0.39, 0.29) is 66.2 Å². The third-order valence-electron chi connectivity index (χ3n) is 21.3. The number of β-amino-alcohol motifs (C(OH)–C–C–N with tert-alkyl or cyclic N) is 1. The van der Waals surface area contributed by atoms with Crippen molar-refractivity contribution in [1.82, 2.24) is 39.9 Å². The lowest BCUT2D eigenvalue weighted by Gasteiger charge is -2.37. The maximum atomic E-state index is 15.1. The number of carbonyl (C=O) groups excluding carboxylic acids is 5. The van der Waals surface area contributed by atoms with Crippen LogP contribution in [0.1, 0.15) is 144 Å². The Balaban J connectivity index is 0.633. The van der Waals surface area contributed by atoms with Gasteiger partial charge >= 0.3 is 5.51 Å². The molecule has 29 heteroatoms. The predicted molar refractivity (Wildman–Crippen MR) is 414 cm³/mol. The molecule has 7 atom stereocenters. The van der Waals surface area contributed by atoms with E-state index in [4.69, 9.17) is 11.6 Å². The summed E-state index contributed by atoms with van der Waals surface area (Å²) >= 11 is 9.05. The van der Waals surface area contributed by atoms with Crippen LogP contribution in [0.3, 0.4) is 0 Å². The van der Waals surface area contributed by atoms with Gasteiger partial charge in [0.1, 0.15) is 22.8 Å². The lowest BCUT2D eigenvalue weighted by atomic mass is 9.85. The normalized spacial score (nSPS) is 19.9. The molecule has 108 heavy (non-hydrogen) atoms. The van der Waals surface area contributed by atoms with Gasteiger partial charge in [-0.1, -0.05) is 106 Å². The van der Waals surface area contributed by atoms with Crippen molar-refractivity contribution in [1.29, 1.82) is 0 Å². The molecule has 4 saturated heterocycles. The first-order chi connectivity index (χ1) is 51.4. The number of hydrogen-bond donors (Lipinski definition) is 5. The Hall–Kier alpha value is -7.44. The van der Waals surface area contributed by atoms with Crippen LogP contribution in [0.5, 0.6) is 0 Å². The van der Waals surface area contributed by atoms with Gasteiger partial charge in [0.05, 0.1) is 38.8 Å². The van der Waals surface area contributed by atoms with Gasteiger partial charge in [0.15, 0.2) is 0 Å². The number of alkyl halides is 3. The highest BCUT2D eigenvalue weighted by Gasteiger charge is 2.49. The summed E-state index contributed by atoms with van der Waals surface area (Å²) in [6, 6.07) is 27.6. The van der Waals surface area contributed by atoms with E-state index in [0.717, 1.165) is 82.1 Å². The Kier molecular flexibility index (Phi) is 27.0. The summed E-state index contributed by atoms with van der Waals surface area (Å²) in [5, 5.41) is 20.1. The molecule has 0 spiro atoms. The number of fused-ring (bicyclic) bond motifs is 1. The quantitative estimate of drug-likeness (QED) is 0.0166. The molecule has 5 aliphatic rings. The van der Waals surface area contributed by atoms with Crippen molar-refractivity contribution in [3.05, 3.63) is 160 Å². The fourth-order valence-corrected chi connectivity index (χ4v) is 19.3. The highest BCUT2D eigenvalue weighted by Crippen LogP contribution is 2.40. The summed E-state index contributed by atoms with van der Waals surface area (Å²) in [5.41, 5.74) is 1.19. The van der Waals surface area contributed by atoms with Crippen molar-refractivity contribution < 1.29 is 63.5 Å². The Bertz CT molecular complexity index is 4430. The Morgan fingerprint density at radius 2 is 1.45 bits per heavy atom. The van der Waals surface area contributed by atoms with Crippen molar-refractivity contribution >= 4 is 101 Å². The summed E-state index contributed by atoms with van der Waals surface area (Å²) in [6.07, 6.45) is 7.23. The van der Waals surface area contributed by atoms with Crippen LogP contribution in [-0.4, -0.2) is 184 Å². The molecule has 0 saturated carbocycles. The number of piperazine rings is 1. The van der Waals surface area contributed by atoms with Gasteiger partial charge in [-0.15, -0.1) is 23.1 Å². The van der Waals surface area contributed by atoms with Gasteiger partial charge in [-0.05, 0) is 159 Å². The molecule has 5 amide bonds. The fourth-order valence-electron chi connectivity index (χ4n) is 15.3. The summed E-state index contributed by atoms with van der Waals surface area (Å²) in [4.78, 5) is 82.8. The first-order valence-electron chi connectivity index (χ1n) is 37.2. The highest BCUT2D eigenvalue weighted by molar-refractivity contribution is 7.99. The molecule has 1 aliphatic carbocycles. The predicted octanol–water partition coefficient (Wildman–Crippen LogP) is 12.9. The number of hydrogen-bond acceptors (Lipinski definition) is 17. The second-order valence-electron chi connectivity index (χ2n) is 30.2. The number of aromatic nitrogens is 1. The van der Waals surface area contributed by atoms with Crippen LogP contribution < -0.4 is 25.6 Å². The van der Waals surface area contributed by atoms with E-state index >= 15 is 4.39 Å². The summed E-state index contributed by atoms with van der Waals surface area (Å²) in [7, 11) is -11.1. The zero-order valence-corrected chi connectivity index (χ0v) is 65.6. The number of rotatable bonds is 29. The van der Waals surface area contributed by atoms with Crippen LogP contribution >= 0.6 is 34.7 Å². The number of nitrogens with zero attached hydrogens (tertiary/aromatic N) is 6. The van der Waals surface area contributed by atoms with Gasteiger partial charge in [0.2, 0.25) is 23.6 Å². The average Bonchev–Trinajstić information content (AvgIpc) is 0.965. The molecular formula is C79H97ClF4N10O10S4. The van der Waals surface area contributed by atoms with Gasteiger partial charge in [0, 0.05) is 130 Å². The number of allylic oxidation sites excluding steroid dienone is 1. The summed E-state index contributed by atoms with van der Waals surface area (Å²) in [5.74, 6) is -1.89. The average molecular weight is 1590 g/mol. The van der Waals surface area contributed by atoms with Crippen molar-refractivity contribution in [2.24, 2.45) is 17.3 Å². The van der Waals surface area contributed by atoms with Crippen LogP contribution in [0.25, 0.3) is 16.0 Å². The molecule has 20 nitrogen and oxygen atoms in total. The zero-order chi connectivity index (χ0) is 77.2. The van der Waals surface area contributed by atoms with Crippen LogP contribution in [0, 0.1) is 30.0 Å². The number of sulfone groups is 1. The smallest absolute Gasteiger partial charge is 0.391 e. The Morgan fingerprint density at radius 3 is 2.11 bits per heavy atom. The zero-order valence-electron chi connectivity index (χ0n) is 61.6. The van der Waals surface area contributed by atoms with Crippen molar-refractivity contribution in [3.8, 4) is 10.4 Å². The largest absolute Gasteiger partial charge is 0.501 e. The van der Waals surface area contributed by atoms with E-state index in [1.54, 1.807) is 41.1 Å². The van der Waals surface area contributed by atoms with E-state index in [1.165, 1.54) is 40.4 Å². The number of aliphatic hydroxyl groups is 1. The van der Waals surface area contributed by atoms with Gasteiger partial charge in [-0.3, -0.25) is 28.9 Å². The van der Waals surface area contributed by atoms with Gasteiger partial charge in [-0.2, -0.15) is 13.2 Å². The number of aryl methyl sites for hydroxylation is 1. The lowest BCUT2D eigenvalue weighted by molar-refractivity contribution is -0.144. The maximum absolute atomic E-state index is 15.1. The molecule has 6 aromatic rings. The minimum Gasteiger partial charge on any atom is -0.391 e. The topological polar surface area (TPSA) is 251 Å². The van der Waals surface area contributed by atoms with E-state index in [2.05, 4.69) is 35.6 Å². The minimum absolute atomic E-state index is 0.0378. The number of unbranched alkanes of at least 4 members (excludes halogenated alkanes) is 3. The molecule has 5 heterocycles. The van der Waals surface area contributed by atoms with Crippen LogP contribution in [0.4, 0.5) is 28.9 Å². The second-order valence-corrected chi connectivity index (χ2v) is 36.2. The van der Waals surface area contributed by atoms with Crippen LogP contribution in [0.15, 0.2) is 141 Å². The van der Waals surface area contributed by atoms with E-state index in [1.807, 2.05) is 98.8 Å². The third kappa shape index (κ3) is 20.6. The number of nitrogens with one attached hydrogen (secondary N) is 4. The number of carbonyl (C=O) groups is 5. The Labute approximate surface area is 644 Å². The number of thioether (sulfide) groups is 1. The standard InChI is InChI=1S/C79H97ClF4N10O10S4/c1-51(53-22-24-54(25-23-53)73-52(2)85-50-106-73)86-76(99)69-41-62(95)48-94(69)77(100)74(78(3,4)5)88-71(96)20-14-6-7-15-21-72(97)93-46-57-44-91(45-58(57)47-93)35-34-60(49-105-63-17-11-9-12-18-63)87-68-33-31-64(42-70(68)107(101,102)79(82,83)84)108(103,104)89-75(98)55-26-29-61(30-27-55)92-38-36-90(37-39-92)43-56-16-10-8-13-19-65(56)66-32-28-59(80)40-67(66)81/h9,11-12,17-18,22-33,40,42,50-51,57-58,60,62,69,74,87,95H,6-8,10,13-16,19-21,34-39,41,43-49H2,1-5H3,(H,86,99)(H,88,96)(H,89,98)/t51-,57?,58?,60?,62+,69-,74?/m0/s1. The molecule has 582 valence electrons. The number of likely N-dealkylation sites (tertiary alicyclic amines) is 3. The maximum Gasteiger partial charge on any atom is 0.501 e. The van der Waals surface area contributed by atoms with E-state index in [9.17, 15) is 59.1 Å². The molecule has 4 aliphatic heterocycles. The van der Waals surface area contributed by atoms with Crippen molar-refractivity contribution in [2.75, 3.05) is 88.0 Å². The molecule has 11 rings (SSSR count). The first-order valence-corrected chi connectivity index (χ1v) is 42.4. The molecule has 4 unspecified atom stereocenters. The SMILES string of the molecule is Cc1ncsc1-c1ccc([C@H](C)NC(=O)[C@@H]2C[C@@H](O)CN2C(=O)C(NC(=O)CCCCCCC(=O)N2CC3CN(CCC(CSc4ccccc4)Nc4ccc(S(=O)(=O)NC(=O)c5ccc(N6CCN(CC7=C(c8ccc(Cl)cc8F)CCCCC7)CC6)cc5)cc4S(=O)(=O)C(F)(F)F)CC3C2)C(C)(C)C)cc1. The molecule has 1 aromatic heterocycles. The molecule has 5 aromatic carbocycles. The summed E-state index contributed by atoms with van der Waals surface area (Å²) < 4.78 is 116. The summed E-state index contributed by atoms with van der Waals surface area (Å²) in [6.45, 7) is 15.6. The van der Waals surface area contributed by atoms with Gasteiger partial charge < -0.3 is 40.7 Å². The molecular weight excluding hydrogens is 1490 g/mol. The number of amides is 5. The molecule has 0 radical (unpaired) electrons. The van der Waals surface area contributed by atoms with Crippen LogP contribution in [-0.2, 0) is 39.0 Å². The second kappa shape index (κ2) is 35.7. The number of benzene rings is 5. The van der Waals surface area contributed by atoms with Crippen molar-refractivity contribution in [2.45, 2.75) is 169 Å². The van der Waals surface area contributed by atoms with Gasteiger partial charge in [-0.25, -0.2) is 30.9 Å². The molecule has 4 fully saturated rings. The number of sulfonamides is 1. The highest BCUT2D eigenvalue weighted by atomic mass is 35.5. The monoisotopic (exact) mass is 1580 g/mol. The van der Waals surface area contributed by atoms with Crippen molar-refractivity contribution in [3.63, 3.8) is 0 Å². The fraction of sp³-hybridized carbons (Fsp3) is 0.494. The minimum atomic E-state index is -6.18. The Morgan fingerprint density at radius 1 is 0.769 bits per heavy atom. The lowest BCUT2D eigenvalue weighted by Crippen LogP contribution is -2.57. The third-order valence-corrected chi connectivity index (χ3v) is 26.6. The van der Waals surface area contributed by atoms with E-state index < -0.39 is 88.2 Å². The number of halogens is 5. The van der Waals surface area contributed by atoms with Gasteiger partial charge in [0.25, 0.3) is 25.8 Å². The number of thiazole rings is 1. The van der Waals surface area contributed by atoms with E-state index in [0.29, 0.717) is 121 Å². The number of anilines is 2. The van der Waals surface area contributed by atoms with Crippen LogP contribution in [0.2, 0.25) is 5.02 Å². The number of aliphatic hydroxyl groups excluding tert-OH is 1. The first kappa shape index (κ1) is 81.5. The molecule has 0 bridgehead atoms.